The molecule has 1 heterocycles. The van der Waals surface area contributed by atoms with Crippen molar-refractivity contribution in [3.8, 4) is 6.07 Å². The lowest BCUT2D eigenvalue weighted by Crippen LogP contribution is -2.27. The Bertz CT molecular complexity index is 759. The first-order valence-electron chi connectivity index (χ1n) is 7.56. The molecular formula is C17H16BrN3O2. The quantitative estimate of drug-likeness (QED) is 0.843. The number of benzene rings is 1. The summed E-state index contributed by atoms with van der Waals surface area (Å²) in [6.07, 6.45) is 3.28. The molecule has 1 aliphatic carbocycles. The minimum Gasteiger partial charge on any atom is -0.361 e. The van der Waals surface area contributed by atoms with E-state index in [0.29, 0.717) is 24.4 Å². The molecule has 5 nitrogen and oxygen atoms in total. The molecule has 118 valence electrons. The monoisotopic (exact) mass is 373 g/mol. The fraction of sp³-hybridized carbons (Fsp3) is 0.353. The normalized spacial score (nSPS) is 13.6. The maximum Gasteiger partial charge on any atom is 0.224 e. The second-order valence-corrected chi connectivity index (χ2v) is 6.55. The smallest absolute Gasteiger partial charge is 0.224 e. The van der Waals surface area contributed by atoms with Gasteiger partial charge in [0.2, 0.25) is 5.91 Å². The van der Waals surface area contributed by atoms with E-state index in [1.54, 1.807) is 12.1 Å². The second kappa shape index (κ2) is 6.97. The molecule has 1 amide bonds. The number of carbonyl (C=O) groups excluding carboxylic acids is 1. The number of hydrogen-bond acceptors (Lipinski definition) is 4. The van der Waals surface area contributed by atoms with Gasteiger partial charge in [-0.25, -0.2) is 0 Å². The maximum absolute atomic E-state index is 12.0. The first-order chi connectivity index (χ1) is 11.2. The summed E-state index contributed by atoms with van der Waals surface area (Å²) < 4.78 is 6.02. The lowest BCUT2D eigenvalue weighted by Gasteiger charge is -2.05. The summed E-state index contributed by atoms with van der Waals surface area (Å²) in [4.78, 5) is 12.0. The fourth-order valence-corrected chi connectivity index (χ4v) is 2.69. The molecule has 6 heteroatoms. The summed E-state index contributed by atoms with van der Waals surface area (Å²) in [7, 11) is 0. The molecule has 0 atom stereocenters. The Balaban J connectivity index is 1.46. The standard InChI is InChI=1S/C17H16BrN3O2/c18-15-4-1-11(7-13(15)10-19)8-17(22)20-6-5-14-9-16(23-21-14)12-2-3-12/h1,4,7,9,12H,2-3,5-6,8H2,(H,20,22). The molecule has 23 heavy (non-hydrogen) atoms. The number of nitrogens with one attached hydrogen (secondary N) is 1. The predicted octanol–water partition coefficient (Wildman–Crippen LogP) is 3.09. The molecule has 0 unspecified atom stereocenters. The van der Waals surface area contributed by atoms with E-state index in [1.807, 2.05) is 12.1 Å². The van der Waals surface area contributed by atoms with Crippen molar-refractivity contribution in [3.05, 3.63) is 51.3 Å². The highest BCUT2D eigenvalue weighted by Gasteiger charge is 2.27. The molecule has 3 rings (SSSR count). The Morgan fingerprint density at radius 3 is 3.00 bits per heavy atom. The minimum atomic E-state index is -0.0675. The predicted molar refractivity (Wildman–Crippen MR) is 87.8 cm³/mol. The molecular weight excluding hydrogens is 358 g/mol. The zero-order valence-electron chi connectivity index (χ0n) is 12.5. The van der Waals surface area contributed by atoms with Gasteiger partial charge in [-0.1, -0.05) is 11.2 Å². The van der Waals surface area contributed by atoms with Gasteiger partial charge in [0.1, 0.15) is 11.8 Å². The molecule has 1 saturated carbocycles. The topological polar surface area (TPSA) is 78.9 Å². The highest BCUT2D eigenvalue weighted by atomic mass is 79.9. The molecule has 1 aromatic heterocycles. The minimum absolute atomic E-state index is 0.0675. The number of rotatable bonds is 6. The largest absolute Gasteiger partial charge is 0.361 e. The second-order valence-electron chi connectivity index (χ2n) is 5.70. The van der Waals surface area contributed by atoms with E-state index in [2.05, 4.69) is 32.5 Å². The third-order valence-electron chi connectivity index (χ3n) is 3.78. The lowest BCUT2D eigenvalue weighted by molar-refractivity contribution is -0.120. The van der Waals surface area contributed by atoms with Gasteiger partial charge in [-0.3, -0.25) is 4.79 Å². The molecule has 1 N–H and O–H groups in total. The van der Waals surface area contributed by atoms with Gasteiger partial charge in [0, 0.05) is 29.4 Å². The van der Waals surface area contributed by atoms with E-state index in [0.717, 1.165) is 21.5 Å². The molecule has 0 saturated heterocycles. The van der Waals surface area contributed by atoms with Crippen LogP contribution in [-0.2, 0) is 17.6 Å². The van der Waals surface area contributed by atoms with Crippen molar-refractivity contribution in [2.45, 2.75) is 31.6 Å². The summed E-state index contributed by atoms with van der Waals surface area (Å²) in [6, 6.07) is 9.43. The average Bonchev–Trinajstić information content (AvgIpc) is 3.29. The maximum atomic E-state index is 12.0. The molecule has 0 radical (unpaired) electrons. The van der Waals surface area contributed by atoms with Crippen LogP contribution in [-0.4, -0.2) is 17.6 Å². The van der Waals surface area contributed by atoms with Crippen LogP contribution in [0.5, 0.6) is 0 Å². The summed E-state index contributed by atoms with van der Waals surface area (Å²) in [5, 5.41) is 15.9. The Morgan fingerprint density at radius 2 is 2.26 bits per heavy atom. The average molecular weight is 374 g/mol. The van der Waals surface area contributed by atoms with Crippen molar-refractivity contribution in [1.29, 1.82) is 5.26 Å². The van der Waals surface area contributed by atoms with Crippen molar-refractivity contribution < 1.29 is 9.32 Å². The van der Waals surface area contributed by atoms with E-state index in [4.69, 9.17) is 9.78 Å². The molecule has 0 spiro atoms. The van der Waals surface area contributed by atoms with Crippen LogP contribution >= 0.6 is 15.9 Å². The first-order valence-corrected chi connectivity index (χ1v) is 8.35. The van der Waals surface area contributed by atoms with Gasteiger partial charge in [0.15, 0.2) is 0 Å². The zero-order valence-corrected chi connectivity index (χ0v) is 14.1. The van der Waals surface area contributed by atoms with Gasteiger partial charge < -0.3 is 9.84 Å². The van der Waals surface area contributed by atoms with E-state index < -0.39 is 0 Å². The highest BCUT2D eigenvalue weighted by molar-refractivity contribution is 9.10. The lowest BCUT2D eigenvalue weighted by atomic mass is 10.1. The van der Waals surface area contributed by atoms with Gasteiger partial charge in [0.25, 0.3) is 0 Å². The van der Waals surface area contributed by atoms with Crippen molar-refractivity contribution in [3.63, 3.8) is 0 Å². The van der Waals surface area contributed by atoms with Crippen LogP contribution in [0.25, 0.3) is 0 Å². The van der Waals surface area contributed by atoms with Gasteiger partial charge in [-0.05, 0) is 46.5 Å². The van der Waals surface area contributed by atoms with Crippen molar-refractivity contribution in [2.75, 3.05) is 6.54 Å². The summed E-state index contributed by atoms with van der Waals surface area (Å²) in [5.41, 5.74) is 2.23. The fourth-order valence-electron chi connectivity index (χ4n) is 2.35. The van der Waals surface area contributed by atoms with Crippen LogP contribution < -0.4 is 5.32 Å². The molecule has 0 bridgehead atoms. The van der Waals surface area contributed by atoms with Crippen LogP contribution in [0, 0.1) is 11.3 Å². The third kappa shape index (κ3) is 4.20. The Kier molecular flexibility index (Phi) is 4.77. The van der Waals surface area contributed by atoms with E-state index in [1.165, 1.54) is 12.8 Å². The number of nitriles is 1. The van der Waals surface area contributed by atoms with Crippen LogP contribution in [0.4, 0.5) is 0 Å². The highest BCUT2D eigenvalue weighted by Crippen LogP contribution is 2.40. The van der Waals surface area contributed by atoms with Crippen LogP contribution in [0.15, 0.2) is 33.3 Å². The Hall–Kier alpha value is -2.13. The van der Waals surface area contributed by atoms with Gasteiger partial charge >= 0.3 is 0 Å². The number of aromatic nitrogens is 1. The van der Waals surface area contributed by atoms with Crippen molar-refractivity contribution in [2.24, 2.45) is 0 Å². The molecule has 2 aromatic rings. The van der Waals surface area contributed by atoms with Crippen LogP contribution in [0.2, 0.25) is 0 Å². The molecule has 0 aliphatic heterocycles. The summed E-state index contributed by atoms with van der Waals surface area (Å²) in [5.74, 6) is 1.45. The summed E-state index contributed by atoms with van der Waals surface area (Å²) in [6.45, 7) is 0.525. The Labute approximate surface area is 142 Å². The van der Waals surface area contributed by atoms with E-state index in [-0.39, 0.29) is 12.3 Å². The van der Waals surface area contributed by atoms with Crippen LogP contribution in [0.3, 0.4) is 0 Å². The molecule has 1 aromatic carbocycles. The summed E-state index contributed by atoms with van der Waals surface area (Å²) >= 11 is 3.30. The molecule has 1 aliphatic rings. The van der Waals surface area contributed by atoms with Gasteiger partial charge in [-0.15, -0.1) is 0 Å². The number of hydrogen-bond donors (Lipinski definition) is 1. The number of halogens is 1. The van der Waals surface area contributed by atoms with Gasteiger partial charge in [-0.2, -0.15) is 5.26 Å². The number of nitrogens with zero attached hydrogens (tertiary/aromatic N) is 2. The SMILES string of the molecule is N#Cc1cc(CC(=O)NCCc2cc(C3CC3)on2)ccc1Br. The van der Waals surface area contributed by atoms with E-state index >= 15 is 0 Å². The van der Waals surface area contributed by atoms with Gasteiger partial charge in [0.05, 0.1) is 17.7 Å². The van der Waals surface area contributed by atoms with Crippen molar-refractivity contribution >= 4 is 21.8 Å². The Morgan fingerprint density at radius 1 is 1.43 bits per heavy atom. The number of amides is 1. The third-order valence-corrected chi connectivity index (χ3v) is 4.47. The first kappa shape index (κ1) is 15.8. The number of carbonyl (C=O) groups is 1. The zero-order chi connectivity index (χ0) is 16.2. The van der Waals surface area contributed by atoms with E-state index in [9.17, 15) is 4.79 Å². The molecule has 1 fully saturated rings. The van der Waals surface area contributed by atoms with Crippen LogP contribution in [0.1, 0.15) is 41.3 Å². The van der Waals surface area contributed by atoms with Crippen molar-refractivity contribution in [1.82, 2.24) is 10.5 Å².